The second-order valence-corrected chi connectivity index (χ2v) is 5.78. The van der Waals surface area contributed by atoms with E-state index in [0.717, 1.165) is 22.1 Å². The van der Waals surface area contributed by atoms with Crippen LogP contribution in [0, 0.1) is 26.7 Å². The van der Waals surface area contributed by atoms with Gasteiger partial charge in [0.2, 0.25) is 0 Å². The third-order valence-electron chi connectivity index (χ3n) is 3.37. The monoisotopic (exact) mass is 327 g/mol. The number of nitrogens with one attached hydrogen (secondary N) is 1. The molecule has 0 fully saturated rings. The number of alkyl halides is 3. The van der Waals surface area contributed by atoms with Gasteiger partial charge in [-0.05, 0) is 32.8 Å². The van der Waals surface area contributed by atoms with Crippen molar-refractivity contribution in [2.75, 3.05) is 11.9 Å². The number of hydrogen-bond acceptors (Lipinski definition) is 4. The number of nitrogens with zero attached hydrogens (tertiary/aromatic N) is 4. The Morgan fingerprint density at radius 2 is 1.91 bits per heavy atom. The van der Waals surface area contributed by atoms with E-state index in [4.69, 9.17) is 0 Å². The van der Waals surface area contributed by atoms with Crippen LogP contribution in [0.25, 0.3) is 0 Å². The van der Waals surface area contributed by atoms with Gasteiger partial charge in [0.05, 0.1) is 17.1 Å². The first kappa shape index (κ1) is 17.2. The van der Waals surface area contributed by atoms with Crippen molar-refractivity contribution in [2.24, 2.45) is 5.92 Å². The zero-order chi connectivity index (χ0) is 17.2. The summed E-state index contributed by atoms with van der Waals surface area (Å²) in [5, 5.41) is 7.09. The van der Waals surface area contributed by atoms with E-state index in [1.165, 1.54) is 0 Å². The summed E-state index contributed by atoms with van der Waals surface area (Å²) >= 11 is 0. The topological polar surface area (TPSA) is 55.6 Å². The maximum Gasteiger partial charge on any atom is 0.433 e. The largest absolute Gasteiger partial charge is 0.433 e. The van der Waals surface area contributed by atoms with Crippen molar-refractivity contribution in [3.8, 4) is 0 Å². The summed E-state index contributed by atoms with van der Waals surface area (Å²) in [4.78, 5) is 8.54. The van der Waals surface area contributed by atoms with Crippen LogP contribution in [0.3, 0.4) is 0 Å². The van der Waals surface area contributed by atoms with Gasteiger partial charge in [0, 0.05) is 19.3 Å². The summed E-state index contributed by atoms with van der Waals surface area (Å²) in [6.07, 6.45) is -2.72. The molecule has 1 atom stereocenters. The number of aryl methyl sites for hydroxylation is 3. The van der Waals surface area contributed by atoms with Gasteiger partial charge in [-0.3, -0.25) is 9.67 Å². The normalized spacial score (nSPS) is 13.2. The van der Waals surface area contributed by atoms with Crippen LogP contribution in [0.5, 0.6) is 0 Å². The van der Waals surface area contributed by atoms with E-state index in [1.807, 2.05) is 20.8 Å². The summed E-state index contributed by atoms with van der Waals surface area (Å²) in [7, 11) is 0. The molecule has 1 N–H and O–H groups in total. The zero-order valence-corrected chi connectivity index (χ0v) is 13.6. The summed E-state index contributed by atoms with van der Waals surface area (Å²) < 4.78 is 39.9. The van der Waals surface area contributed by atoms with Crippen LogP contribution in [0.2, 0.25) is 0 Å². The fourth-order valence-corrected chi connectivity index (χ4v) is 2.25. The third-order valence-corrected chi connectivity index (χ3v) is 3.37. The van der Waals surface area contributed by atoms with Gasteiger partial charge in [-0.2, -0.15) is 18.3 Å². The van der Waals surface area contributed by atoms with Crippen molar-refractivity contribution in [3.05, 3.63) is 35.0 Å². The molecule has 2 heterocycles. The van der Waals surface area contributed by atoms with Gasteiger partial charge in [-0.1, -0.05) is 6.92 Å². The molecule has 0 aliphatic heterocycles. The van der Waals surface area contributed by atoms with Crippen LogP contribution >= 0.6 is 0 Å². The van der Waals surface area contributed by atoms with E-state index < -0.39 is 11.9 Å². The number of aromatic nitrogens is 4. The van der Waals surface area contributed by atoms with E-state index in [2.05, 4.69) is 20.4 Å². The van der Waals surface area contributed by atoms with Crippen LogP contribution in [0.4, 0.5) is 19.0 Å². The van der Waals surface area contributed by atoms with E-state index in [9.17, 15) is 13.2 Å². The van der Waals surface area contributed by atoms with Gasteiger partial charge in [0.15, 0.2) is 0 Å². The van der Waals surface area contributed by atoms with Crippen LogP contribution in [0.1, 0.15) is 29.7 Å². The number of rotatable bonds is 5. The molecule has 0 radical (unpaired) electrons. The van der Waals surface area contributed by atoms with E-state index in [-0.39, 0.29) is 12.5 Å². The molecule has 2 aromatic heterocycles. The van der Waals surface area contributed by atoms with Crippen LogP contribution in [-0.4, -0.2) is 26.3 Å². The van der Waals surface area contributed by atoms with E-state index in [0.29, 0.717) is 18.1 Å². The van der Waals surface area contributed by atoms with Gasteiger partial charge >= 0.3 is 6.18 Å². The fourth-order valence-electron chi connectivity index (χ4n) is 2.25. The van der Waals surface area contributed by atoms with Crippen molar-refractivity contribution in [2.45, 2.75) is 40.4 Å². The molecule has 0 saturated heterocycles. The molecular weight excluding hydrogens is 307 g/mol. The third kappa shape index (κ3) is 4.43. The van der Waals surface area contributed by atoms with Crippen molar-refractivity contribution in [3.63, 3.8) is 0 Å². The molecule has 2 aromatic rings. The lowest BCUT2D eigenvalue weighted by Gasteiger charge is -2.17. The standard InChI is InChI=1S/C15H20F3N5/c1-9(6-20-14-12(4)19-7-11(3)21-14)8-23-13(15(16,17)18)5-10(2)22-23/h5,7,9H,6,8H2,1-4H3,(H,20,21). The molecule has 23 heavy (non-hydrogen) atoms. The molecular formula is C15H20F3N5. The van der Waals surface area contributed by atoms with Gasteiger partial charge in [0.25, 0.3) is 0 Å². The molecule has 0 aromatic carbocycles. The maximum atomic E-state index is 13.0. The molecule has 126 valence electrons. The Balaban J connectivity index is 2.03. The lowest BCUT2D eigenvalue weighted by molar-refractivity contribution is -0.144. The Morgan fingerprint density at radius 1 is 1.22 bits per heavy atom. The Morgan fingerprint density at radius 3 is 2.57 bits per heavy atom. The predicted molar refractivity (Wildman–Crippen MR) is 81.1 cm³/mol. The number of anilines is 1. The molecule has 0 aliphatic carbocycles. The minimum atomic E-state index is -4.40. The van der Waals surface area contributed by atoms with Crippen molar-refractivity contribution in [1.29, 1.82) is 0 Å². The molecule has 8 heteroatoms. The van der Waals surface area contributed by atoms with Crippen LogP contribution in [0.15, 0.2) is 12.3 Å². The van der Waals surface area contributed by atoms with Gasteiger partial charge < -0.3 is 5.32 Å². The summed E-state index contributed by atoms with van der Waals surface area (Å²) in [6, 6.07) is 1.07. The molecule has 2 rings (SSSR count). The summed E-state index contributed by atoms with van der Waals surface area (Å²) in [6.45, 7) is 7.74. The average molecular weight is 327 g/mol. The quantitative estimate of drug-likeness (QED) is 0.915. The van der Waals surface area contributed by atoms with Gasteiger partial charge in [0.1, 0.15) is 11.5 Å². The first-order valence-corrected chi connectivity index (χ1v) is 7.32. The van der Waals surface area contributed by atoms with Crippen LogP contribution in [-0.2, 0) is 12.7 Å². The molecule has 0 amide bonds. The van der Waals surface area contributed by atoms with Crippen molar-refractivity contribution < 1.29 is 13.2 Å². The predicted octanol–water partition coefficient (Wildman–Crippen LogP) is 3.37. The maximum absolute atomic E-state index is 13.0. The number of halogens is 3. The number of hydrogen-bond donors (Lipinski definition) is 1. The summed E-state index contributed by atoms with van der Waals surface area (Å²) in [5.74, 6) is 0.599. The Kier molecular flexibility index (Phi) is 4.91. The molecule has 0 aliphatic rings. The SMILES string of the molecule is Cc1cnc(C)c(NCC(C)Cn2nc(C)cc2C(F)(F)F)n1. The lowest BCUT2D eigenvalue weighted by Crippen LogP contribution is -2.22. The van der Waals surface area contributed by atoms with Crippen molar-refractivity contribution >= 4 is 5.82 Å². The Hall–Kier alpha value is -2.12. The van der Waals surface area contributed by atoms with Crippen LogP contribution < -0.4 is 5.32 Å². The minimum absolute atomic E-state index is 0.0582. The second-order valence-electron chi connectivity index (χ2n) is 5.78. The Labute approximate surface area is 133 Å². The molecule has 5 nitrogen and oxygen atoms in total. The molecule has 0 saturated carbocycles. The second kappa shape index (κ2) is 6.55. The lowest BCUT2D eigenvalue weighted by atomic mass is 10.2. The van der Waals surface area contributed by atoms with Crippen molar-refractivity contribution in [1.82, 2.24) is 19.7 Å². The molecule has 1 unspecified atom stereocenters. The highest BCUT2D eigenvalue weighted by molar-refractivity contribution is 5.39. The van der Waals surface area contributed by atoms with Gasteiger partial charge in [-0.25, -0.2) is 4.98 Å². The summed E-state index contributed by atoms with van der Waals surface area (Å²) in [5.41, 5.74) is 1.19. The highest BCUT2D eigenvalue weighted by Gasteiger charge is 2.35. The first-order chi connectivity index (χ1) is 10.7. The smallest absolute Gasteiger partial charge is 0.368 e. The fraction of sp³-hybridized carbons (Fsp3) is 0.533. The Bertz CT molecular complexity index is 678. The van der Waals surface area contributed by atoms with E-state index >= 15 is 0 Å². The zero-order valence-electron chi connectivity index (χ0n) is 13.6. The highest BCUT2D eigenvalue weighted by Crippen LogP contribution is 2.30. The molecule has 0 bridgehead atoms. The average Bonchev–Trinajstić information content (AvgIpc) is 2.80. The molecule has 0 spiro atoms. The first-order valence-electron chi connectivity index (χ1n) is 7.32. The van der Waals surface area contributed by atoms with Gasteiger partial charge in [-0.15, -0.1) is 0 Å². The minimum Gasteiger partial charge on any atom is -0.368 e. The highest BCUT2D eigenvalue weighted by atomic mass is 19.4. The van der Waals surface area contributed by atoms with E-state index in [1.54, 1.807) is 13.1 Å².